The average molecular weight is 353 g/mol. The van der Waals surface area contributed by atoms with E-state index in [4.69, 9.17) is 4.74 Å². The number of para-hydroxylation sites is 3. The van der Waals surface area contributed by atoms with Crippen molar-refractivity contribution in [3.8, 4) is 5.75 Å². The fourth-order valence-electron chi connectivity index (χ4n) is 2.44. The molecule has 0 spiro atoms. The maximum absolute atomic E-state index is 12.3. The molecule has 0 radical (unpaired) electrons. The molecule has 1 heterocycles. The zero-order valence-corrected chi connectivity index (χ0v) is 15.0. The molecule has 0 atom stereocenters. The van der Waals surface area contributed by atoms with Gasteiger partial charge in [0, 0.05) is 5.39 Å². The molecule has 1 N–H and O–H groups in total. The zero-order valence-electron chi connectivity index (χ0n) is 14.2. The topological polar surface area (TPSA) is 64.1 Å². The van der Waals surface area contributed by atoms with Crippen molar-refractivity contribution in [3.63, 3.8) is 0 Å². The normalized spacial score (nSPS) is 10.6. The van der Waals surface area contributed by atoms with Crippen molar-refractivity contribution in [2.75, 3.05) is 17.7 Å². The predicted octanol–water partition coefficient (Wildman–Crippen LogP) is 4.07. The van der Waals surface area contributed by atoms with E-state index in [9.17, 15) is 4.79 Å². The van der Waals surface area contributed by atoms with E-state index in [1.807, 2.05) is 62.4 Å². The molecule has 0 saturated heterocycles. The first-order chi connectivity index (χ1) is 12.2. The SMILES string of the molecule is CCOc1ccccc1NC(=O)CSc1nc(C)nc2ccccc12. The van der Waals surface area contributed by atoms with Crippen molar-refractivity contribution < 1.29 is 9.53 Å². The third-order valence-corrected chi connectivity index (χ3v) is 4.47. The molecule has 0 bridgehead atoms. The molecule has 0 unspecified atom stereocenters. The minimum atomic E-state index is -0.0995. The van der Waals surface area contributed by atoms with Crippen molar-refractivity contribution in [1.82, 2.24) is 9.97 Å². The van der Waals surface area contributed by atoms with Crippen molar-refractivity contribution in [3.05, 3.63) is 54.4 Å². The molecule has 1 aromatic heterocycles. The first kappa shape index (κ1) is 17.2. The Balaban J connectivity index is 1.71. The molecular formula is C19H19N3O2S. The van der Waals surface area contributed by atoms with Crippen molar-refractivity contribution in [2.24, 2.45) is 0 Å². The molecule has 0 aliphatic carbocycles. The van der Waals surface area contributed by atoms with E-state index < -0.39 is 0 Å². The number of carbonyl (C=O) groups excluding carboxylic acids is 1. The van der Waals surface area contributed by atoms with Crippen LogP contribution in [0.2, 0.25) is 0 Å². The summed E-state index contributed by atoms with van der Waals surface area (Å²) in [5, 5.41) is 4.68. The van der Waals surface area contributed by atoms with E-state index in [1.165, 1.54) is 11.8 Å². The number of carbonyl (C=O) groups is 1. The molecule has 0 aliphatic heterocycles. The Bertz CT molecular complexity index is 899. The molecule has 1 amide bonds. The van der Waals surface area contributed by atoms with Gasteiger partial charge < -0.3 is 10.1 Å². The molecule has 5 nitrogen and oxygen atoms in total. The van der Waals surface area contributed by atoms with Gasteiger partial charge in [-0.25, -0.2) is 9.97 Å². The lowest BCUT2D eigenvalue weighted by molar-refractivity contribution is -0.113. The number of hydrogen-bond donors (Lipinski definition) is 1. The minimum Gasteiger partial charge on any atom is -0.492 e. The number of nitrogens with one attached hydrogen (secondary N) is 1. The number of hydrogen-bond acceptors (Lipinski definition) is 5. The summed E-state index contributed by atoms with van der Waals surface area (Å²) in [7, 11) is 0. The summed E-state index contributed by atoms with van der Waals surface area (Å²) in [5.41, 5.74) is 1.57. The first-order valence-electron chi connectivity index (χ1n) is 8.05. The van der Waals surface area contributed by atoms with Gasteiger partial charge in [-0.15, -0.1) is 0 Å². The van der Waals surface area contributed by atoms with Crippen LogP contribution in [0.1, 0.15) is 12.7 Å². The highest BCUT2D eigenvalue weighted by Gasteiger charge is 2.11. The van der Waals surface area contributed by atoms with Crippen LogP contribution in [0, 0.1) is 6.92 Å². The highest BCUT2D eigenvalue weighted by Crippen LogP contribution is 2.27. The summed E-state index contributed by atoms with van der Waals surface area (Å²) < 4.78 is 5.53. The van der Waals surface area contributed by atoms with E-state index in [-0.39, 0.29) is 11.7 Å². The Kier molecular flexibility index (Phi) is 5.50. The number of aromatic nitrogens is 2. The Morgan fingerprint density at radius 3 is 2.72 bits per heavy atom. The molecule has 2 aromatic carbocycles. The van der Waals surface area contributed by atoms with Gasteiger partial charge in [0.05, 0.1) is 23.6 Å². The van der Waals surface area contributed by atoms with Crippen LogP contribution >= 0.6 is 11.8 Å². The van der Waals surface area contributed by atoms with Crippen molar-refractivity contribution in [2.45, 2.75) is 18.9 Å². The molecule has 3 rings (SSSR count). The van der Waals surface area contributed by atoms with Gasteiger partial charge in [0.15, 0.2) is 0 Å². The zero-order chi connectivity index (χ0) is 17.6. The molecule has 128 valence electrons. The monoisotopic (exact) mass is 353 g/mol. The second kappa shape index (κ2) is 7.98. The minimum absolute atomic E-state index is 0.0995. The Labute approximate surface area is 150 Å². The number of ether oxygens (including phenoxy) is 1. The number of rotatable bonds is 6. The lowest BCUT2D eigenvalue weighted by Crippen LogP contribution is -2.15. The van der Waals surface area contributed by atoms with Crippen LogP contribution in [-0.2, 0) is 4.79 Å². The third-order valence-electron chi connectivity index (χ3n) is 3.48. The second-order valence-electron chi connectivity index (χ2n) is 5.36. The number of nitrogens with zero attached hydrogens (tertiary/aromatic N) is 2. The third kappa shape index (κ3) is 4.28. The number of fused-ring (bicyclic) bond motifs is 1. The smallest absolute Gasteiger partial charge is 0.234 e. The average Bonchev–Trinajstić information content (AvgIpc) is 2.61. The summed E-state index contributed by atoms with van der Waals surface area (Å²) in [5.74, 6) is 1.54. The van der Waals surface area contributed by atoms with Gasteiger partial charge in [-0.2, -0.15) is 0 Å². The number of amides is 1. The van der Waals surface area contributed by atoms with E-state index >= 15 is 0 Å². The Morgan fingerprint density at radius 1 is 1.12 bits per heavy atom. The summed E-state index contributed by atoms with van der Waals surface area (Å²) in [6.45, 7) is 4.32. The summed E-state index contributed by atoms with van der Waals surface area (Å²) >= 11 is 1.41. The van der Waals surface area contributed by atoms with Crippen LogP contribution in [0.25, 0.3) is 10.9 Å². The van der Waals surface area contributed by atoms with E-state index in [1.54, 1.807) is 0 Å². The maximum Gasteiger partial charge on any atom is 0.234 e. The van der Waals surface area contributed by atoms with E-state index in [2.05, 4.69) is 15.3 Å². The van der Waals surface area contributed by atoms with Crippen LogP contribution < -0.4 is 10.1 Å². The predicted molar refractivity (Wildman–Crippen MR) is 101 cm³/mol. The number of thioether (sulfide) groups is 1. The first-order valence-corrected chi connectivity index (χ1v) is 9.04. The van der Waals surface area contributed by atoms with Gasteiger partial charge in [-0.3, -0.25) is 4.79 Å². The van der Waals surface area contributed by atoms with Gasteiger partial charge in [0.1, 0.15) is 16.6 Å². The number of aryl methyl sites for hydroxylation is 1. The highest BCUT2D eigenvalue weighted by atomic mass is 32.2. The number of anilines is 1. The molecule has 0 aliphatic rings. The van der Waals surface area contributed by atoms with E-state index in [0.29, 0.717) is 23.9 Å². The molecule has 0 fully saturated rings. The molecule has 3 aromatic rings. The van der Waals surface area contributed by atoms with E-state index in [0.717, 1.165) is 15.9 Å². The van der Waals surface area contributed by atoms with Gasteiger partial charge in [-0.05, 0) is 32.0 Å². The van der Waals surface area contributed by atoms with Gasteiger partial charge >= 0.3 is 0 Å². The standard InChI is InChI=1S/C19H19N3O2S/c1-3-24-17-11-7-6-10-16(17)22-18(23)12-25-19-14-8-4-5-9-15(14)20-13(2)21-19/h4-11H,3,12H2,1-2H3,(H,22,23). The van der Waals surface area contributed by atoms with Gasteiger partial charge in [0.25, 0.3) is 0 Å². The van der Waals surface area contributed by atoms with Crippen LogP contribution in [0.4, 0.5) is 5.69 Å². The largest absolute Gasteiger partial charge is 0.492 e. The lowest BCUT2D eigenvalue weighted by atomic mass is 10.2. The van der Waals surface area contributed by atoms with Crippen molar-refractivity contribution >= 4 is 34.3 Å². The van der Waals surface area contributed by atoms with Crippen LogP contribution in [0.3, 0.4) is 0 Å². The second-order valence-corrected chi connectivity index (χ2v) is 6.32. The summed E-state index contributed by atoms with van der Waals surface area (Å²) in [6, 6.07) is 15.2. The van der Waals surface area contributed by atoms with Crippen LogP contribution in [0.15, 0.2) is 53.6 Å². The van der Waals surface area contributed by atoms with Gasteiger partial charge in [-0.1, -0.05) is 42.1 Å². The molecule has 6 heteroatoms. The molecular weight excluding hydrogens is 334 g/mol. The van der Waals surface area contributed by atoms with Crippen LogP contribution in [0.5, 0.6) is 5.75 Å². The lowest BCUT2D eigenvalue weighted by Gasteiger charge is -2.11. The Morgan fingerprint density at radius 2 is 1.88 bits per heavy atom. The van der Waals surface area contributed by atoms with Gasteiger partial charge in [0.2, 0.25) is 5.91 Å². The quantitative estimate of drug-likeness (QED) is 0.535. The Hall–Kier alpha value is -2.60. The fourth-order valence-corrected chi connectivity index (χ4v) is 3.30. The molecule has 0 saturated carbocycles. The summed E-state index contributed by atoms with van der Waals surface area (Å²) in [6.07, 6.45) is 0. The maximum atomic E-state index is 12.3. The number of benzene rings is 2. The fraction of sp³-hybridized carbons (Fsp3) is 0.211. The van der Waals surface area contributed by atoms with Crippen molar-refractivity contribution in [1.29, 1.82) is 0 Å². The summed E-state index contributed by atoms with van der Waals surface area (Å²) in [4.78, 5) is 21.2. The van der Waals surface area contributed by atoms with Crippen LogP contribution in [-0.4, -0.2) is 28.2 Å². The highest BCUT2D eigenvalue weighted by molar-refractivity contribution is 8.00. The molecule has 25 heavy (non-hydrogen) atoms.